The van der Waals surface area contributed by atoms with Gasteiger partial charge in [-0.05, 0) is 36.1 Å². The van der Waals surface area contributed by atoms with Crippen LogP contribution in [0.15, 0.2) is 46.7 Å². The molecule has 1 unspecified atom stereocenters. The van der Waals surface area contributed by atoms with E-state index in [4.69, 9.17) is 5.11 Å². The van der Waals surface area contributed by atoms with E-state index in [-0.39, 0.29) is 29.5 Å². The molecule has 9 heteroatoms. The van der Waals surface area contributed by atoms with Crippen molar-refractivity contribution in [3.8, 4) is 0 Å². The maximum absolute atomic E-state index is 12.6. The van der Waals surface area contributed by atoms with Crippen molar-refractivity contribution < 1.29 is 23.1 Å². The number of aliphatic carboxylic acids is 1. The molecule has 1 aliphatic rings. The van der Waals surface area contributed by atoms with Gasteiger partial charge in [-0.3, -0.25) is 9.59 Å². The molecule has 0 spiro atoms. The van der Waals surface area contributed by atoms with Crippen LogP contribution in [0, 0.1) is 5.92 Å². The van der Waals surface area contributed by atoms with Gasteiger partial charge in [-0.15, -0.1) is 11.3 Å². The number of hydrogen-bond acceptors (Lipinski definition) is 5. The van der Waals surface area contributed by atoms with E-state index in [1.54, 1.807) is 0 Å². The van der Waals surface area contributed by atoms with Crippen LogP contribution in [0.5, 0.6) is 0 Å². The third-order valence-electron chi connectivity index (χ3n) is 4.23. The van der Waals surface area contributed by atoms with Crippen molar-refractivity contribution >= 4 is 33.2 Å². The largest absolute Gasteiger partial charge is 0.481 e. The lowest BCUT2D eigenvalue weighted by Crippen LogP contribution is -2.30. The summed E-state index contributed by atoms with van der Waals surface area (Å²) in [5.74, 6) is -1.85. The Labute approximate surface area is 155 Å². The third kappa shape index (κ3) is 4.12. The molecule has 2 heterocycles. The molecule has 26 heavy (non-hydrogen) atoms. The average Bonchev–Trinajstić information content (AvgIpc) is 3.31. The van der Waals surface area contributed by atoms with Crippen molar-refractivity contribution in [3.05, 3.63) is 52.2 Å². The fourth-order valence-corrected chi connectivity index (χ4v) is 4.58. The predicted molar refractivity (Wildman–Crippen MR) is 96.4 cm³/mol. The number of benzene rings is 1. The number of rotatable bonds is 6. The molecular weight excluding hydrogens is 376 g/mol. The molecular formula is C17H18N2O5S2. The maximum atomic E-state index is 12.6. The van der Waals surface area contributed by atoms with E-state index in [1.165, 1.54) is 40.5 Å². The molecule has 1 aliphatic heterocycles. The smallest absolute Gasteiger partial charge is 0.308 e. The number of sulfonamides is 1. The normalized spacial score (nSPS) is 17.4. The molecule has 7 nitrogen and oxygen atoms in total. The van der Waals surface area contributed by atoms with Crippen LogP contribution < -0.4 is 4.72 Å². The fourth-order valence-electron chi connectivity index (χ4n) is 2.79. The number of nitrogens with one attached hydrogen (secondary N) is 1. The van der Waals surface area contributed by atoms with Gasteiger partial charge < -0.3 is 10.0 Å². The van der Waals surface area contributed by atoms with Crippen molar-refractivity contribution in [2.45, 2.75) is 17.9 Å². The van der Waals surface area contributed by atoms with Gasteiger partial charge in [0.2, 0.25) is 10.0 Å². The van der Waals surface area contributed by atoms with Crippen LogP contribution in [0.25, 0.3) is 0 Å². The second kappa shape index (κ2) is 7.56. The number of carbonyl (C=O) groups excluding carboxylic acids is 1. The SMILES string of the molecule is O=C(O)C1CCN(C(=O)c2cccc(S(=O)(=O)NCc3cccs3)c2)C1. The van der Waals surface area contributed by atoms with Gasteiger partial charge in [0.25, 0.3) is 5.91 Å². The van der Waals surface area contributed by atoms with Gasteiger partial charge in [0, 0.05) is 30.1 Å². The Morgan fingerprint density at radius 3 is 2.73 bits per heavy atom. The zero-order valence-electron chi connectivity index (χ0n) is 13.8. The van der Waals surface area contributed by atoms with Crippen LogP contribution in [0.3, 0.4) is 0 Å². The van der Waals surface area contributed by atoms with E-state index in [2.05, 4.69) is 4.72 Å². The number of nitrogens with zero attached hydrogens (tertiary/aromatic N) is 1. The first-order valence-corrected chi connectivity index (χ1v) is 10.4. The molecule has 2 aromatic rings. The standard InChI is InChI=1S/C17H18N2O5S2/c20-16(19-7-6-13(11-19)17(21)22)12-3-1-5-15(9-12)26(23,24)18-10-14-4-2-8-25-14/h1-5,8-9,13,18H,6-7,10-11H2,(H,21,22). The second-order valence-electron chi connectivity index (χ2n) is 6.01. The molecule has 0 radical (unpaired) electrons. The van der Waals surface area contributed by atoms with Gasteiger partial charge in [-0.25, -0.2) is 13.1 Å². The van der Waals surface area contributed by atoms with Crippen molar-refractivity contribution in [3.63, 3.8) is 0 Å². The fraction of sp³-hybridized carbons (Fsp3) is 0.294. The van der Waals surface area contributed by atoms with E-state index in [0.717, 1.165) is 4.88 Å². The van der Waals surface area contributed by atoms with Gasteiger partial charge in [0.1, 0.15) is 0 Å². The highest BCUT2D eigenvalue weighted by molar-refractivity contribution is 7.89. The first kappa shape index (κ1) is 18.6. The van der Waals surface area contributed by atoms with Gasteiger partial charge in [-0.1, -0.05) is 12.1 Å². The summed E-state index contributed by atoms with van der Waals surface area (Å²) in [7, 11) is -3.75. The van der Waals surface area contributed by atoms with E-state index in [0.29, 0.717) is 13.0 Å². The van der Waals surface area contributed by atoms with Crippen LogP contribution in [0.2, 0.25) is 0 Å². The van der Waals surface area contributed by atoms with Crippen molar-refractivity contribution in [1.82, 2.24) is 9.62 Å². The van der Waals surface area contributed by atoms with E-state index < -0.39 is 21.9 Å². The summed E-state index contributed by atoms with van der Waals surface area (Å²) in [4.78, 5) is 25.9. The Bertz CT molecular complexity index is 909. The number of thiophene rings is 1. The quantitative estimate of drug-likeness (QED) is 0.777. The topological polar surface area (TPSA) is 104 Å². The molecule has 1 aromatic heterocycles. The van der Waals surface area contributed by atoms with Crippen LogP contribution >= 0.6 is 11.3 Å². The number of carbonyl (C=O) groups is 2. The Morgan fingerprint density at radius 1 is 1.27 bits per heavy atom. The lowest BCUT2D eigenvalue weighted by atomic mass is 10.1. The number of likely N-dealkylation sites (tertiary alicyclic amines) is 1. The minimum atomic E-state index is -3.75. The van der Waals surface area contributed by atoms with E-state index in [1.807, 2.05) is 17.5 Å². The highest BCUT2D eigenvalue weighted by Crippen LogP contribution is 2.20. The van der Waals surface area contributed by atoms with Crippen LogP contribution in [0.4, 0.5) is 0 Å². The summed E-state index contributed by atoms with van der Waals surface area (Å²) in [5.41, 5.74) is 0.232. The molecule has 0 saturated carbocycles. The number of carboxylic acid groups (broad SMARTS) is 1. The Hall–Kier alpha value is -2.23. The lowest BCUT2D eigenvalue weighted by Gasteiger charge is -2.16. The third-order valence-corrected chi connectivity index (χ3v) is 6.51. The maximum Gasteiger partial charge on any atom is 0.308 e. The summed E-state index contributed by atoms with van der Waals surface area (Å²) in [5, 5.41) is 10.9. The molecule has 3 rings (SSSR count). The number of hydrogen-bond donors (Lipinski definition) is 2. The first-order valence-electron chi connectivity index (χ1n) is 8.01. The summed E-state index contributed by atoms with van der Waals surface area (Å²) in [6, 6.07) is 9.48. The van der Waals surface area contributed by atoms with Crippen molar-refractivity contribution in [2.75, 3.05) is 13.1 Å². The molecule has 1 aromatic carbocycles. The van der Waals surface area contributed by atoms with Gasteiger partial charge in [0.15, 0.2) is 0 Å². The molecule has 0 bridgehead atoms. The zero-order chi connectivity index (χ0) is 18.7. The molecule has 0 aliphatic carbocycles. The summed E-state index contributed by atoms with van der Waals surface area (Å²) in [6.07, 6.45) is 0.404. The predicted octanol–water partition coefficient (Wildman–Crippen LogP) is 1.77. The monoisotopic (exact) mass is 394 g/mol. The van der Waals surface area contributed by atoms with Crippen LogP contribution in [0.1, 0.15) is 21.7 Å². The van der Waals surface area contributed by atoms with E-state index in [9.17, 15) is 18.0 Å². The minimum Gasteiger partial charge on any atom is -0.481 e. The minimum absolute atomic E-state index is 0.00823. The molecule has 138 valence electrons. The highest BCUT2D eigenvalue weighted by atomic mass is 32.2. The molecule has 1 amide bonds. The average molecular weight is 394 g/mol. The summed E-state index contributed by atoms with van der Waals surface area (Å²) < 4.78 is 27.4. The molecule has 2 N–H and O–H groups in total. The van der Waals surface area contributed by atoms with Gasteiger partial charge in [-0.2, -0.15) is 0 Å². The van der Waals surface area contributed by atoms with E-state index >= 15 is 0 Å². The Morgan fingerprint density at radius 2 is 2.08 bits per heavy atom. The lowest BCUT2D eigenvalue weighted by molar-refractivity contribution is -0.141. The number of carboxylic acids is 1. The Kier molecular flexibility index (Phi) is 5.40. The second-order valence-corrected chi connectivity index (χ2v) is 8.81. The first-order chi connectivity index (χ1) is 12.4. The number of amides is 1. The molecule has 1 saturated heterocycles. The Balaban J connectivity index is 1.73. The van der Waals surface area contributed by atoms with Gasteiger partial charge in [0.05, 0.1) is 10.8 Å². The zero-order valence-corrected chi connectivity index (χ0v) is 15.4. The summed E-state index contributed by atoms with van der Waals surface area (Å²) in [6.45, 7) is 0.676. The van der Waals surface area contributed by atoms with Crippen molar-refractivity contribution in [1.29, 1.82) is 0 Å². The molecule has 1 fully saturated rings. The summed E-state index contributed by atoms with van der Waals surface area (Å²) >= 11 is 1.45. The highest BCUT2D eigenvalue weighted by Gasteiger charge is 2.31. The van der Waals surface area contributed by atoms with Crippen molar-refractivity contribution in [2.24, 2.45) is 5.92 Å². The van der Waals surface area contributed by atoms with Crippen LogP contribution in [-0.2, 0) is 21.4 Å². The van der Waals surface area contributed by atoms with Crippen LogP contribution in [-0.4, -0.2) is 43.4 Å². The molecule has 1 atom stereocenters. The van der Waals surface area contributed by atoms with Gasteiger partial charge >= 0.3 is 5.97 Å².